The average Bonchev–Trinajstić information content (AvgIpc) is 2.32. The van der Waals surface area contributed by atoms with Crippen LogP contribution in [0, 0.1) is 5.92 Å². The zero-order valence-corrected chi connectivity index (χ0v) is 9.46. The van der Waals surface area contributed by atoms with Crippen molar-refractivity contribution in [3.63, 3.8) is 0 Å². The molecule has 2 rings (SSSR count). The van der Waals surface area contributed by atoms with Gasteiger partial charge in [-0.25, -0.2) is 0 Å². The van der Waals surface area contributed by atoms with Gasteiger partial charge in [-0.05, 0) is 24.0 Å². The third-order valence-electron chi connectivity index (χ3n) is 2.72. The number of nitrogens with zero attached hydrogens (tertiary/aromatic N) is 1. The summed E-state index contributed by atoms with van der Waals surface area (Å²) in [5.74, 6) is 0.545. The molecule has 1 aliphatic heterocycles. The van der Waals surface area contributed by atoms with E-state index < -0.39 is 0 Å². The van der Waals surface area contributed by atoms with E-state index in [2.05, 4.69) is 31.1 Å². The smallest absolute Gasteiger partial charge is 0.131 e. The fourth-order valence-electron chi connectivity index (χ4n) is 1.65. The van der Waals surface area contributed by atoms with E-state index in [4.69, 9.17) is 0 Å². The zero-order chi connectivity index (χ0) is 11.0. The lowest BCUT2D eigenvalue weighted by molar-refractivity contribution is 0.463. The maximum absolute atomic E-state index is 9.54. The molecule has 0 amide bonds. The molecule has 0 fully saturated rings. The lowest BCUT2D eigenvalue weighted by Gasteiger charge is -2.12. The molecule has 78 valence electrons. The molecule has 0 bridgehead atoms. The van der Waals surface area contributed by atoms with Crippen molar-refractivity contribution < 1.29 is 5.11 Å². The Labute approximate surface area is 94.8 Å². The van der Waals surface area contributed by atoms with E-state index in [1.54, 1.807) is 6.07 Å². The number of aromatic hydroxyl groups is 1. The van der Waals surface area contributed by atoms with Crippen molar-refractivity contribution in [1.82, 2.24) is 0 Å². The van der Waals surface area contributed by atoms with E-state index in [-0.39, 0.29) is 5.75 Å². The van der Waals surface area contributed by atoms with Crippen LogP contribution in [-0.2, 0) is 0 Å². The summed E-state index contributed by atoms with van der Waals surface area (Å²) in [6, 6.07) is 3.46. The van der Waals surface area contributed by atoms with Gasteiger partial charge < -0.3 is 5.11 Å². The third-order valence-corrected chi connectivity index (χ3v) is 3.08. The van der Waals surface area contributed by atoms with Gasteiger partial charge in [0.1, 0.15) is 5.75 Å². The predicted octanol–water partition coefficient (Wildman–Crippen LogP) is 3.44. The van der Waals surface area contributed by atoms with Crippen LogP contribution in [0.3, 0.4) is 0 Å². The second-order valence-electron chi connectivity index (χ2n) is 3.83. The van der Waals surface area contributed by atoms with Crippen molar-refractivity contribution >= 4 is 30.1 Å². The number of hydrogen-bond acceptors (Lipinski definition) is 3. The molecule has 2 nitrogen and oxygen atoms in total. The molecule has 0 radical (unpaired) electrons. The Hall–Kier alpha value is -1.22. The normalized spacial score (nSPS) is 19.9. The van der Waals surface area contributed by atoms with Gasteiger partial charge in [-0.15, -0.1) is 12.6 Å². The first-order valence-electron chi connectivity index (χ1n) is 4.87. The van der Waals surface area contributed by atoms with Gasteiger partial charge in [-0.1, -0.05) is 13.5 Å². The highest BCUT2D eigenvalue weighted by molar-refractivity contribution is 7.80. The molecule has 0 saturated carbocycles. The second-order valence-corrected chi connectivity index (χ2v) is 4.31. The first-order chi connectivity index (χ1) is 7.09. The molecular formula is C12H13NOS. The summed E-state index contributed by atoms with van der Waals surface area (Å²) in [4.78, 5) is 4.88. The van der Waals surface area contributed by atoms with Crippen LogP contribution in [0.25, 0.3) is 5.57 Å². The van der Waals surface area contributed by atoms with Gasteiger partial charge in [0.05, 0.1) is 5.69 Å². The molecule has 1 aromatic rings. The number of aliphatic imine (C=N–C) groups is 1. The topological polar surface area (TPSA) is 32.6 Å². The number of phenolic OH excluding ortho intramolecular Hbond substituents is 1. The largest absolute Gasteiger partial charge is 0.507 e. The predicted molar refractivity (Wildman–Crippen MR) is 66.3 cm³/mol. The van der Waals surface area contributed by atoms with Crippen molar-refractivity contribution in [1.29, 1.82) is 0 Å². The molecule has 1 atom stereocenters. The maximum atomic E-state index is 9.54. The van der Waals surface area contributed by atoms with Crippen LogP contribution in [-0.4, -0.2) is 11.3 Å². The monoisotopic (exact) mass is 219 g/mol. The summed E-state index contributed by atoms with van der Waals surface area (Å²) >= 11 is 4.19. The molecule has 15 heavy (non-hydrogen) atoms. The average molecular weight is 219 g/mol. The van der Waals surface area contributed by atoms with Crippen LogP contribution >= 0.6 is 12.6 Å². The fourth-order valence-corrected chi connectivity index (χ4v) is 1.84. The first kappa shape index (κ1) is 10.3. The number of benzene rings is 1. The molecule has 0 aliphatic carbocycles. The van der Waals surface area contributed by atoms with Gasteiger partial charge in [0.2, 0.25) is 0 Å². The Morgan fingerprint density at radius 2 is 2.27 bits per heavy atom. The molecule has 0 saturated heterocycles. The molecule has 1 heterocycles. The SMILES string of the molecule is C=C1c2cc(S)c(O)cc2N=CCC1C. The quantitative estimate of drug-likeness (QED) is 0.644. The molecular weight excluding hydrogens is 206 g/mol. The summed E-state index contributed by atoms with van der Waals surface area (Å²) in [6.45, 7) is 6.19. The van der Waals surface area contributed by atoms with Gasteiger partial charge in [0, 0.05) is 22.7 Å². The summed E-state index contributed by atoms with van der Waals surface area (Å²) in [7, 11) is 0. The Balaban J connectivity index is 2.62. The van der Waals surface area contributed by atoms with Crippen molar-refractivity contribution in [2.75, 3.05) is 0 Å². The molecule has 1 aromatic carbocycles. The Morgan fingerprint density at radius 3 is 3.00 bits per heavy atom. The second kappa shape index (κ2) is 3.74. The van der Waals surface area contributed by atoms with Crippen LogP contribution in [0.4, 0.5) is 5.69 Å². The lowest BCUT2D eigenvalue weighted by Crippen LogP contribution is -1.96. The molecule has 1 N–H and O–H groups in total. The highest BCUT2D eigenvalue weighted by atomic mass is 32.1. The molecule has 3 heteroatoms. The van der Waals surface area contributed by atoms with Crippen LogP contribution < -0.4 is 0 Å². The number of fused-ring (bicyclic) bond motifs is 1. The van der Waals surface area contributed by atoms with E-state index in [0.29, 0.717) is 10.8 Å². The van der Waals surface area contributed by atoms with Crippen molar-refractivity contribution in [2.45, 2.75) is 18.2 Å². The van der Waals surface area contributed by atoms with E-state index in [9.17, 15) is 5.11 Å². The Bertz CT molecular complexity index is 451. The summed E-state index contributed by atoms with van der Waals surface area (Å²) in [6.07, 6.45) is 2.76. The maximum Gasteiger partial charge on any atom is 0.131 e. The Morgan fingerprint density at radius 1 is 1.53 bits per heavy atom. The third kappa shape index (κ3) is 1.79. The minimum absolute atomic E-state index is 0.164. The fraction of sp³-hybridized carbons (Fsp3) is 0.250. The molecule has 1 aliphatic rings. The summed E-state index contributed by atoms with van der Waals surface area (Å²) < 4.78 is 0. The lowest BCUT2D eigenvalue weighted by atomic mass is 9.93. The number of hydrogen-bond donors (Lipinski definition) is 2. The zero-order valence-electron chi connectivity index (χ0n) is 8.57. The standard InChI is InChI=1S/C12H13NOS/c1-7-3-4-13-10-6-11(14)12(15)5-9(10)8(7)2/h4-7,14-15H,2-3H2,1H3. The number of allylic oxidation sites excluding steroid dienone is 1. The van der Waals surface area contributed by atoms with Crippen molar-refractivity contribution in [3.05, 3.63) is 24.3 Å². The van der Waals surface area contributed by atoms with Crippen LogP contribution in [0.5, 0.6) is 5.75 Å². The van der Waals surface area contributed by atoms with E-state index in [0.717, 1.165) is 23.2 Å². The molecule has 1 unspecified atom stereocenters. The van der Waals surface area contributed by atoms with Gasteiger partial charge >= 0.3 is 0 Å². The van der Waals surface area contributed by atoms with Gasteiger partial charge in [0.15, 0.2) is 0 Å². The van der Waals surface area contributed by atoms with Gasteiger partial charge in [-0.3, -0.25) is 4.99 Å². The van der Waals surface area contributed by atoms with Crippen LogP contribution in [0.15, 0.2) is 28.6 Å². The first-order valence-corrected chi connectivity index (χ1v) is 5.32. The molecule has 0 spiro atoms. The highest BCUT2D eigenvalue weighted by Gasteiger charge is 2.16. The summed E-state index contributed by atoms with van der Waals surface area (Å²) in [5.41, 5.74) is 2.82. The van der Waals surface area contributed by atoms with E-state index in [1.165, 1.54) is 0 Å². The van der Waals surface area contributed by atoms with E-state index >= 15 is 0 Å². The van der Waals surface area contributed by atoms with Crippen LogP contribution in [0.2, 0.25) is 0 Å². The number of phenols is 1. The van der Waals surface area contributed by atoms with Gasteiger partial charge in [0.25, 0.3) is 0 Å². The van der Waals surface area contributed by atoms with Crippen molar-refractivity contribution in [2.24, 2.45) is 10.9 Å². The number of rotatable bonds is 0. The summed E-state index contributed by atoms with van der Waals surface area (Å²) in [5, 5.41) is 9.54. The minimum Gasteiger partial charge on any atom is -0.507 e. The minimum atomic E-state index is 0.164. The highest BCUT2D eigenvalue weighted by Crippen LogP contribution is 2.38. The Kier molecular flexibility index (Phi) is 2.57. The number of thiol groups is 1. The van der Waals surface area contributed by atoms with Crippen molar-refractivity contribution in [3.8, 4) is 5.75 Å². The van der Waals surface area contributed by atoms with Crippen LogP contribution in [0.1, 0.15) is 18.9 Å². The van der Waals surface area contributed by atoms with E-state index in [1.807, 2.05) is 12.3 Å². The van der Waals surface area contributed by atoms with Gasteiger partial charge in [-0.2, -0.15) is 0 Å². The molecule has 0 aromatic heterocycles.